The first kappa shape index (κ1) is 16.1. The lowest BCUT2D eigenvalue weighted by Crippen LogP contribution is -2.10. The molecule has 22 heavy (non-hydrogen) atoms. The summed E-state index contributed by atoms with van der Waals surface area (Å²) in [5, 5.41) is 0. The SMILES string of the molecule is C=CCCc1nc2cc(OC)c(OC)cc2nc1OC(C)C. The van der Waals surface area contributed by atoms with E-state index in [4.69, 9.17) is 14.2 Å². The lowest BCUT2D eigenvalue weighted by atomic mass is 10.2. The number of hydrogen-bond acceptors (Lipinski definition) is 5. The minimum atomic E-state index is 0.0365. The van der Waals surface area contributed by atoms with Crippen LogP contribution >= 0.6 is 0 Å². The predicted molar refractivity (Wildman–Crippen MR) is 86.9 cm³/mol. The monoisotopic (exact) mass is 302 g/mol. The highest BCUT2D eigenvalue weighted by Crippen LogP contribution is 2.32. The van der Waals surface area contributed by atoms with Gasteiger partial charge in [-0.25, -0.2) is 9.97 Å². The van der Waals surface area contributed by atoms with Gasteiger partial charge in [-0.3, -0.25) is 0 Å². The second-order valence-electron chi connectivity index (χ2n) is 5.17. The predicted octanol–water partition coefficient (Wildman–Crippen LogP) is 3.55. The second kappa shape index (κ2) is 7.11. The average molecular weight is 302 g/mol. The molecule has 5 heteroatoms. The van der Waals surface area contributed by atoms with Crippen LogP contribution in [-0.2, 0) is 6.42 Å². The van der Waals surface area contributed by atoms with Crippen molar-refractivity contribution in [3.8, 4) is 17.4 Å². The normalized spacial score (nSPS) is 10.8. The Morgan fingerprint density at radius 2 is 1.68 bits per heavy atom. The van der Waals surface area contributed by atoms with Gasteiger partial charge in [0.1, 0.15) is 5.69 Å². The molecule has 5 nitrogen and oxygen atoms in total. The van der Waals surface area contributed by atoms with Crippen LogP contribution in [0.2, 0.25) is 0 Å². The van der Waals surface area contributed by atoms with Gasteiger partial charge in [0, 0.05) is 12.1 Å². The van der Waals surface area contributed by atoms with Crippen LogP contribution in [0.25, 0.3) is 11.0 Å². The maximum Gasteiger partial charge on any atom is 0.236 e. The molecule has 0 atom stereocenters. The van der Waals surface area contributed by atoms with Gasteiger partial charge >= 0.3 is 0 Å². The molecule has 0 aliphatic heterocycles. The van der Waals surface area contributed by atoms with E-state index in [1.807, 2.05) is 32.1 Å². The number of benzene rings is 1. The molecular weight excluding hydrogens is 280 g/mol. The van der Waals surface area contributed by atoms with Gasteiger partial charge in [0.05, 0.1) is 31.4 Å². The number of hydrogen-bond donors (Lipinski definition) is 0. The van der Waals surface area contributed by atoms with Gasteiger partial charge < -0.3 is 14.2 Å². The minimum absolute atomic E-state index is 0.0365. The molecule has 0 aliphatic carbocycles. The fourth-order valence-corrected chi connectivity index (χ4v) is 2.12. The Morgan fingerprint density at radius 1 is 1.09 bits per heavy atom. The number of ether oxygens (including phenoxy) is 3. The van der Waals surface area contributed by atoms with Crippen molar-refractivity contribution in [3.05, 3.63) is 30.5 Å². The summed E-state index contributed by atoms with van der Waals surface area (Å²) in [6.07, 6.45) is 3.46. The van der Waals surface area contributed by atoms with Gasteiger partial charge in [-0.2, -0.15) is 0 Å². The molecule has 118 valence electrons. The first-order valence-electron chi connectivity index (χ1n) is 7.29. The van der Waals surface area contributed by atoms with Gasteiger partial charge in [0.2, 0.25) is 5.88 Å². The number of methoxy groups -OCH3 is 2. The average Bonchev–Trinajstić information content (AvgIpc) is 2.51. The van der Waals surface area contributed by atoms with E-state index >= 15 is 0 Å². The van der Waals surface area contributed by atoms with Crippen molar-refractivity contribution in [2.75, 3.05) is 14.2 Å². The molecule has 1 heterocycles. The van der Waals surface area contributed by atoms with Crippen LogP contribution in [0.15, 0.2) is 24.8 Å². The van der Waals surface area contributed by atoms with Gasteiger partial charge in [-0.15, -0.1) is 6.58 Å². The number of aryl methyl sites for hydroxylation is 1. The topological polar surface area (TPSA) is 53.5 Å². The summed E-state index contributed by atoms with van der Waals surface area (Å²) in [6.45, 7) is 7.69. The number of allylic oxidation sites excluding steroid dienone is 1. The number of aromatic nitrogens is 2. The van der Waals surface area contributed by atoms with Gasteiger partial charge in [-0.05, 0) is 26.7 Å². The third-order valence-corrected chi connectivity index (χ3v) is 3.14. The molecule has 2 rings (SSSR count). The largest absolute Gasteiger partial charge is 0.493 e. The molecular formula is C17H22N2O3. The van der Waals surface area contributed by atoms with Crippen molar-refractivity contribution in [1.82, 2.24) is 9.97 Å². The molecule has 0 fully saturated rings. The van der Waals surface area contributed by atoms with Crippen LogP contribution in [0.1, 0.15) is 26.0 Å². The molecule has 0 spiro atoms. The van der Waals surface area contributed by atoms with E-state index in [0.717, 1.165) is 29.6 Å². The molecule has 0 bridgehead atoms. The van der Waals surface area contributed by atoms with Gasteiger partial charge in [-0.1, -0.05) is 6.08 Å². The third-order valence-electron chi connectivity index (χ3n) is 3.14. The Balaban J connectivity index is 2.57. The maximum absolute atomic E-state index is 5.80. The summed E-state index contributed by atoms with van der Waals surface area (Å²) in [5.74, 6) is 1.83. The quantitative estimate of drug-likeness (QED) is 0.732. The first-order valence-corrected chi connectivity index (χ1v) is 7.29. The Kier molecular flexibility index (Phi) is 5.20. The number of rotatable bonds is 7. The van der Waals surface area contributed by atoms with Gasteiger partial charge in [0.25, 0.3) is 0 Å². The van der Waals surface area contributed by atoms with E-state index in [0.29, 0.717) is 17.4 Å². The van der Waals surface area contributed by atoms with Crippen LogP contribution in [-0.4, -0.2) is 30.3 Å². The first-order chi connectivity index (χ1) is 10.6. The Bertz CT molecular complexity index is 668. The zero-order valence-electron chi connectivity index (χ0n) is 13.5. The van der Waals surface area contributed by atoms with Crippen LogP contribution < -0.4 is 14.2 Å². The molecule has 0 unspecified atom stereocenters. The standard InChI is InChI=1S/C17H22N2O3/c1-6-7-8-12-17(22-11(2)3)19-14-10-16(21-5)15(20-4)9-13(14)18-12/h6,9-11H,1,7-8H2,2-5H3. The summed E-state index contributed by atoms with van der Waals surface area (Å²) in [4.78, 5) is 9.28. The molecule has 0 N–H and O–H groups in total. The summed E-state index contributed by atoms with van der Waals surface area (Å²) >= 11 is 0. The van der Waals surface area contributed by atoms with E-state index in [1.54, 1.807) is 14.2 Å². The highest BCUT2D eigenvalue weighted by molar-refractivity contribution is 5.79. The van der Waals surface area contributed by atoms with Gasteiger partial charge in [0.15, 0.2) is 11.5 Å². The van der Waals surface area contributed by atoms with E-state index in [-0.39, 0.29) is 6.10 Å². The number of nitrogens with zero attached hydrogens (tertiary/aromatic N) is 2. The summed E-state index contributed by atoms with van der Waals surface area (Å²) in [6, 6.07) is 3.64. The maximum atomic E-state index is 5.80. The highest BCUT2D eigenvalue weighted by Gasteiger charge is 2.14. The van der Waals surface area contributed by atoms with E-state index in [1.165, 1.54) is 0 Å². The van der Waals surface area contributed by atoms with E-state index in [2.05, 4.69) is 16.5 Å². The molecule has 0 saturated carbocycles. The fourth-order valence-electron chi connectivity index (χ4n) is 2.12. The molecule has 0 aliphatic rings. The van der Waals surface area contributed by atoms with E-state index in [9.17, 15) is 0 Å². The molecule has 0 radical (unpaired) electrons. The molecule has 2 aromatic rings. The lowest BCUT2D eigenvalue weighted by Gasteiger charge is -2.14. The highest BCUT2D eigenvalue weighted by atomic mass is 16.5. The third kappa shape index (κ3) is 3.47. The van der Waals surface area contributed by atoms with Crippen LogP contribution in [0, 0.1) is 0 Å². The zero-order chi connectivity index (χ0) is 16.1. The Morgan fingerprint density at radius 3 is 2.18 bits per heavy atom. The molecule has 1 aromatic carbocycles. The van der Waals surface area contributed by atoms with E-state index < -0.39 is 0 Å². The molecule has 1 aromatic heterocycles. The molecule has 0 saturated heterocycles. The van der Waals surface area contributed by atoms with Crippen molar-refractivity contribution >= 4 is 11.0 Å². The second-order valence-corrected chi connectivity index (χ2v) is 5.17. The number of fused-ring (bicyclic) bond motifs is 1. The van der Waals surface area contributed by atoms with Crippen LogP contribution in [0.5, 0.6) is 17.4 Å². The summed E-state index contributed by atoms with van der Waals surface area (Å²) < 4.78 is 16.4. The lowest BCUT2D eigenvalue weighted by molar-refractivity contribution is 0.229. The van der Waals surface area contributed by atoms with Crippen LogP contribution in [0.3, 0.4) is 0 Å². The van der Waals surface area contributed by atoms with Crippen molar-refractivity contribution in [2.45, 2.75) is 32.8 Å². The van der Waals surface area contributed by atoms with Crippen molar-refractivity contribution in [2.24, 2.45) is 0 Å². The zero-order valence-corrected chi connectivity index (χ0v) is 13.5. The summed E-state index contributed by atoms with van der Waals surface area (Å²) in [7, 11) is 3.20. The van der Waals surface area contributed by atoms with Crippen molar-refractivity contribution < 1.29 is 14.2 Å². The van der Waals surface area contributed by atoms with Crippen LogP contribution in [0.4, 0.5) is 0 Å². The summed E-state index contributed by atoms with van der Waals surface area (Å²) in [5.41, 5.74) is 2.30. The van der Waals surface area contributed by atoms with Crippen molar-refractivity contribution in [3.63, 3.8) is 0 Å². The molecule has 0 amide bonds. The van der Waals surface area contributed by atoms with Crippen molar-refractivity contribution in [1.29, 1.82) is 0 Å². The smallest absolute Gasteiger partial charge is 0.236 e. The Hall–Kier alpha value is -2.30. The minimum Gasteiger partial charge on any atom is -0.493 e. The Labute approximate surface area is 130 Å². The fraction of sp³-hybridized carbons (Fsp3) is 0.412.